The minimum Gasteiger partial charge on any atom is -0.399 e. The molecule has 2 rings (SSSR count). The summed E-state index contributed by atoms with van der Waals surface area (Å²) in [4.78, 5) is 23.7. The smallest absolute Gasteiger partial charge is 0.269 e. The van der Waals surface area contributed by atoms with Crippen molar-refractivity contribution >= 4 is 27.5 Å². The summed E-state index contributed by atoms with van der Waals surface area (Å²) in [6, 6.07) is 4.04. The van der Waals surface area contributed by atoms with Crippen molar-refractivity contribution in [2.45, 2.75) is 31.2 Å². The predicted molar refractivity (Wildman–Crippen MR) is 77.0 cm³/mol. The van der Waals surface area contributed by atoms with Crippen molar-refractivity contribution < 1.29 is 18.0 Å². The molecule has 0 atom stereocenters. The van der Waals surface area contributed by atoms with Gasteiger partial charge in [0.2, 0.25) is 5.91 Å². The van der Waals surface area contributed by atoms with Gasteiger partial charge in [-0.25, -0.2) is 12.7 Å². The molecule has 2 amide bonds. The molecule has 0 aliphatic carbocycles. The lowest BCUT2D eigenvalue weighted by atomic mass is 10.2. The van der Waals surface area contributed by atoms with Crippen molar-refractivity contribution in [3.8, 4) is 0 Å². The van der Waals surface area contributed by atoms with Crippen LogP contribution >= 0.6 is 0 Å². The largest absolute Gasteiger partial charge is 0.399 e. The molecule has 1 heterocycles. The van der Waals surface area contributed by atoms with Crippen LogP contribution in [0, 0.1) is 0 Å². The van der Waals surface area contributed by atoms with Crippen LogP contribution in [0.15, 0.2) is 23.1 Å². The lowest BCUT2D eigenvalue weighted by Gasteiger charge is -2.15. The molecule has 0 unspecified atom stereocenters. The Bertz CT molecular complexity index is 697. The third-order valence-electron chi connectivity index (χ3n) is 3.02. The normalized spacial score (nSPS) is 16.1. The Balaban J connectivity index is 2.20. The van der Waals surface area contributed by atoms with E-state index in [2.05, 4.69) is 5.32 Å². The van der Waals surface area contributed by atoms with Gasteiger partial charge in [-0.3, -0.25) is 9.59 Å². The van der Waals surface area contributed by atoms with E-state index < -0.39 is 15.9 Å². The van der Waals surface area contributed by atoms with E-state index in [1.165, 1.54) is 18.2 Å². The quantitative estimate of drug-likeness (QED) is 0.779. The van der Waals surface area contributed by atoms with Gasteiger partial charge in [0, 0.05) is 24.7 Å². The number of nitrogens with zero attached hydrogens (tertiary/aromatic N) is 1. The molecule has 0 bridgehead atoms. The molecule has 1 aliphatic heterocycles. The Morgan fingerprint density at radius 3 is 2.67 bits per heavy atom. The van der Waals surface area contributed by atoms with Gasteiger partial charge in [0.25, 0.3) is 15.9 Å². The maximum Gasteiger partial charge on any atom is 0.269 e. The molecule has 0 spiro atoms. The van der Waals surface area contributed by atoms with Crippen LogP contribution in [0.25, 0.3) is 0 Å². The summed E-state index contributed by atoms with van der Waals surface area (Å²) in [6.45, 7) is 3.41. The second kappa shape index (κ2) is 5.36. The molecule has 8 heteroatoms. The minimum absolute atomic E-state index is 0.0413. The van der Waals surface area contributed by atoms with Crippen molar-refractivity contribution in [2.75, 3.05) is 12.3 Å². The Hall–Kier alpha value is -2.09. The zero-order valence-electron chi connectivity index (χ0n) is 11.8. The highest BCUT2D eigenvalue weighted by Gasteiger charge is 2.41. The molecule has 0 saturated heterocycles. The van der Waals surface area contributed by atoms with Gasteiger partial charge in [-0.15, -0.1) is 0 Å². The number of sulfonamides is 1. The van der Waals surface area contributed by atoms with Crippen LogP contribution in [0.3, 0.4) is 0 Å². The zero-order chi connectivity index (χ0) is 15.8. The number of anilines is 1. The number of hydrogen-bond donors (Lipinski definition) is 2. The van der Waals surface area contributed by atoms with Crippen LogP contribution in [0.1, 0.15) is 30.6 Å². The number of amides is 2. The van der Waals surface area contributed by atoms with E-state index in [1.807, 2.05) is 0 Å². The standard InChI is InChI=1S/C13H17N3O4S/c1-8(2)15-12(17)5-6-16-13(18)10-7-9(14)3-4-11(10)21(16,19)20/h3-4,7-8H,5-6,14H2,1-2H3,(H,15,17). The lowest BCUT2D eigenvalue weighted by Crippen LogP contribution is -2.36. The zero-order valence-corrected chi connectivity index (χ0v) is 12.6. The maximum atomic E-state index is 12.3. The van der Waals surface area contributed by atoms with E-state index in [4.69, 9.17) is 5.73 Å². The fourth-order valence-electron chi connectivity index (χ4n) is 2.12. The number of hydrogen-bond acceptors (Lipinski definition) is 5. The molecular formula is C13H17N3O4S. The Labute approximate surface area is 123 Å². The molecule has 1 aromatic rings. The third-order valence-corrected chi connectivity index (χ3v) is 4.86. The van der Waals surface area contributed by atoms with Crippen molar-refractivity contribution in [1.82, 2.24) is 9.62 Å². The van der Waals surface area contributed by atoms with Crippen molar-refractivity contribution in [3.05, 3.63) is 23.8 Å². The molecule has 0 radical (unpaired) electrons. The van der Waals surface area contributed by atoms with Gasteiger partial charge in [-0.1, -0.05) is 0 Å². The fraction of sp³-hybridized carbons (Fsp3) is 0.385. The van der Waals surface area contributed by atoms with Crippen LogP contribution < -0.4 is 11.1 Å². The molecular weight excluding hydrogens is 294 g/mol. The maximum absolute atomic E-state index is 12.3. The average Bonchev–Trinajstić information content (AvgIpc) is 2.54. The summed E-state index contributed by atoms with van der Waals surface area (Å²) in [5.41, 5.74) is 5.95. The molecule has 114 valence electrons. The Morgan fingerprint density at radius 2 is 2.05 bits per heavy atom. The predicted octanol–water partition coefficient (Wildman–Crippen LogP) is 0.328. The number of carbonyl (C=O) groups excluding carboxylic acids is 2. The van der Waals surface area contributed by atoms with Gasteiger partial charge in [0.15, 0.2) is 0 Å². The summed E-state index contributed by atoms with van der Waals surface area (Å²) in [7, 11) is -3.89. The van der Waals surface area contributed by atoms with Gasteiger partial charge in [-0.2, -0.15) is 0 Å². The van der Waals surface area contributed by atoms with Gasteiger partial charge in [0.05, 0.1) is 5.56 Å². The van der Waals surface area contributed by atoms with E-state index in [0.717, 1.165) is 4.31 Å². The minimum atomic E-state index is -3.89. The first-order chi connectivity index (χ1) is 9.73. The van der Waals surface area contributed by atoms with Crippen LogP contribution in [0.2, 0.25) is 0 Å². The SMILES string of the molecule is CC(C)NC(=O)CCN1C(=O)c2cc(N)ccc2S1(=O)=O. The molecule has 0 fully saturated rings. The number of fused-ring (bicyclic) bond motifs is 1. The van der Waals surface area contributed by atoms with Crippen LogP contribution in [-0.2, 0) is 14.8 Å². The van der Waals surface area contributed by atoms with Crippen LogP contribution in [0.5, 0.6) is 0 Å². The number of benzene rings is 1. The summed E-state index contributed by atoms with van der Waals surface area (Å²) in [5.74, 6) is -0.946. The van der Waals surface area contributed by atoms with Crippen molar-refractivity contribution in [1.29, 1.82) is 0 Å². The topological polar surface area (TPSA) is 110 Å². The highest BCUT2D eigenvalue weighted by molar-refractivity contribution is 7.90. The van der Waals surface area contributed by atoms with Gasteiger partial charge < -0.3 is 11.1 Å². The van der Waals surface area contributed by atoms with Gasteiger partial charge in [0.1, 0.15) is 4.90 Å². The number of nitrogens with two attached hydrogens (primary N) is 1. The van der Waals surface area contributed by atoms with Crippen molar-refractivity contribution in [3.63, 3.8) is 0 Å². The second-order valence-electron chi connectivity index (χ2n) is 5.11. The summed E-state index contributed by atoms with van der Waals surface area (Å²) in [5, 5.41) is 2.65. The molecule has 0 saturated carbocycles. The van der Waals surface area contributed by atoms with E-state index >= 15 is 0 Å². The van der Waals surface area contributed by atoms with Gasteiger partial charge >= 0.3 is 0 Å². The molecule has 1 aliphatic rings. The molecule has 1 aromatic carbocycles. The highest BCUT2D eigenvalue weighted by atomic mass is 32.2. The number of carbonyl (C=O) groups is 2. The second-order valence-corrected chi connectivity index (χ2v) is 6.94. The summed E-state index contributed by atoms with van der Waals surface area (Å²) >= 11 is 0. The molecule has 21 heavy (non-hydrogen) atoms. The van der Waals surface area contributed by atoms with E-state index in [1.54, 1.807) is 13.8 Å². The Kier molecular flexibility index (Phi) is 3.91. The Morgan fingerprint density at radius 1 is 1.38 bits per heavy atom. The molecule has 0 aromatic heterocycles. The third kappa shape index (κ3) is 2.85. The lowest BCUT2D eigenvalue weighted by molar-refractivity contribution is -0.121. The number of nitrogens with one attached hydrogen (secondary N) is 1. The van der Waals surface area contributed by atoms with E-state index in [0.29, 0.717) is 5.69 Å². The molecule has 3 N–H and O–H groups in total. The van der Waals surface area contributed by atoms with E-state index in [9.17, 15) is 18.0 Å². The number of rotatable bonds is 4. The average molecular weight is 311 g/mol. The highest BCUT2D eigenvalue weighted by Crippen LogP contribution is 2.31. The fourth-order valence-corrected chi connectivity index (χ4v) is 3.67. The first-order valence-corrected chi connectivity index (χ1v) is 7.93. The first kappa shape index (κ1) is 15.3. The van der Waals surface area contributed by atoms with Crippen molar-refractivity contribution in [2.24, 2.45) is 0 Å². The monoisotopic (exact) mass is 311 g/mol. The summed E-state index contributed by atoms with van der Waals surface area (Å²) in [6.07, 6.45) is -0.0768. The number of nitrogen functional groups attached to an aromatic ring is 1. The first-order valence-electron chi connectivity index (χ1n) is 6.49. The van der Waals surface area contributed by atoms with Crippen LogP contribution in [-0.4, -0.2) is 37.1 Å². The van der Waals surface area contributed by atoms with Gasteiger partial charge in [-0.05, 0) is 32.0 Å². The van der Waals surface area contributed by atoms with E-state index in [-0.39, 0.29) is 35.4 Å². The summed E-state index contributed by atoms with van der Waals surface area (Å²) < 4.78 is 25.3. The molecule has 7 nitrogen and oxygen atoms in total. The van der Waals surface area contributed by atoms with Crippen LogP contribution in [0.4, 0.5) is 5.69 Å².